The van der Waals surface area contributed by atoms with Crippen molar-refractivity contribution in [1.29, 1.82) is 0 Å². The van der Waals surface area contributed by atoms with Crippen LogP contribution >= 0.6 is 19.8 Å². The normalized spacial score (nSPS) is 27.7. The number of aromatic nitrogens is 2. The number of ether oxygens (including phenoxy) is 2. The number of aromatic amines is 1. The molecular weight excluding hydrogens is 453 g/mol. The molecule has 3 N–H and O–H groups in total. The summed E-state index contributed by atoms with van der Waals surface area (Å²) < 4.78 is 29.2. The van der Waals surface area contributed by atoms with Crippen LogP contribution in [0.15, 0.2) is 21.9 Å². The minimum Gasteiger partial charge on any atom is -0.464 e. The summed E-state index contributed by atoms with van der Waals surface area (Å²) in [4.78, 5) is 35.9. The van der Waals surface area contributed by atoms with Gasteiger partial charge in [-0.25, -0.2) is 4.79 Å². The number of hydrogen-bond acceptors (Lipinski definition) is 8. The van der Waals surface area contributed by atoms with Gasteiger partial charge in [-0.05, 0) is 23.8 Å². The molecule has 0 saturated carbocycles. The molecule has 0 spiro atoms. The topological polar surface area (TPSA) is 149 Å². The van der Waals surface area contributed by atoms with Crippen molar-refractivity contribution >= 4 is 25.7 Å². The summed E-state index contributed by atoms with van der Waals surface area (Å²) in [6.07, 6.45) is -2.21. The van der Waals surface area contributed by atoms with Crippen LogP contribution in [-0.2, 0) is 23.4 Å². The van der Waals surface area contributed by atoms with E-state index in [0.717, 1.165) is 10.6 Å². The number of alkyl halides is 1. The van der Waals surface area contributed by atoms with E-state index in [1.54, 1.807) is 0 Å². The van der Waals surface area contributed by atoms with E-state index in [4.69, 9.17) is 25.6 Å². The fourth-order valence-electron chi connectivity index (χ4n) is 2.76. The Morgan fingerprint density at radius 1 is 1.48 bits per heavy atom. The summed E-state index contributed by atoms with van der Waals surface area (Å²) in [5, 5.41) is 13.0. The second-order valence-electron chi connectivity index (χ2n) is 8.71. The molecule has 6 unspecified atom stereocenters. The maximum atomic E-state index is 12.2. The molecule has 13 heteroatoms. The molecule has 1 aliphatic heterocycles. The lowest BCUT2D eigenvalue weighted by Crippen LogP contribution is -2.43. The van der Waals surface area contributed by atoms with Crippen LogP contribution in [0.1, 0.15) is 40.8 Å². The fraction of sp³-hybridized carbons (Fsp3) is 0.722. The molecule has 0 radical (unpaired) electrons. The summed E-state index contributed by atoms with van der Waals surface area (Å²) in [6, 6.07) is 0.237. The number of hydrogen-bond donors (Lipinski definition) is 3. The summed E-state index contributed by atoms with van der Waals surface area (Å²) in [7, 11) is -2.49. The van der Waals surface area contributed by atoms with E-state index >= 15 is 0 Å². The smallest absolute Gasteiger partial charge is 0.464 e. The van der Waals surface area contributed by atoms with E-state index in [2.05, 4.69) is 10.1 Å². The number of carbonyl (C=O) groups excluding carboxylic acids is 1. The van der Waals surface area contributed by atoms with Crippen LogP contribution in [0.3, 0.4) is 0 Å². The lowest BCUT2D eigenvalue weighted by molar-refractivity contribution is -0.148. The monoisotopic (exact) mass is 480 g/mol. The summed E-state index contributed by atoms with van der Waals surface area (Å²) in [5.74, 6) is -0.579. The summed E-state index contributed by atoms with van der Waals surface area (Å²) in [6.45, 7) is 8.56. The Hall–Kier alpha value is -1.62. The van der Waals surface area contributed by atoms with Crippen molar-refractivity contribution in [3.63, 3.8) is 0 Å². The van der Waals surface area contributed by atoms with Gasteiger partial charge < -0.3 is 14.6 Å². The second-order valence-corrected chi connectivity index (χ2v) is 10.6. The van der Waals surface area contributed by atoms with Gasteiger partial charge in [0.05, 0.1) is 6.61 Å². The van der Waals surface area contributed by atoms with Gasteiger partial charge in [0.1, 0.15) is 29.7 Å². The molecule has 31 heavy (non-hydrogen) atoms. The molecule has 0 bridgehead atoms. The first-order valence-corrected chi connectivity index (χ1v) is 11.1. The first kappa shape index (κ1) is 25.6. The number of nitrogens with one attached hydrogen (secondary N) is 2. The van der Waals surface area contributed by atoms with Crippen LogP contribution < -0.4 is 16.3 Å². The van der Waals surface area contributed by atoms with Crippen molar-refractivity contribution in [2.45, 2.75) is 64.0 Å². The van der Waals surface area contributed by atoms with E-state index < -0.39 is 54.7 Å². The standard InChI is InChI=1S/C18H27ClN3O8P/c1-10(14(25)28-9-17(2,3)4)21-31(27)29-8-11-13(24)18(5,19)15(30-11)22-7-6-12(23)20-16(22)26/h6-7,10-11,13,15,24H,8-9H2,1-5H3,(H-,20,21,23,26,27)/p+1. The highest BCUT2D eigenvalue weighted by molar-refractivity contribution is 7.36. The van der Waals surface area contributed by atoms with Crippen molar-refractivity contribution in [1.82, 2.24) is 14.6 Å². The van der Waals surface area contributed by atoms with Gasteiger partial charge in [-0.3, -0.25) is 19.1 Å². The SMILES string of the molecule is CC(N[P+](=O)OCC1OC(n2ccc(=O)[nH]c2=O)C(C)(Cl)C1O)C(=O)OCC(C)(C)C. The van der Waals surface area contributed by atoms with E-state index in [-0.39, 0.29) is 18.6 Å². The average Bonchev–Trinajstić information content (AvgIpc) is 2.87. The minimum atomic E-state index is -2.49. The van der Waals surface area contributed by atoms with Gasteiger partial charge in [-0.2, -0.15) is 0 Å². The molecule has 1 aromatic rings. The van der Waals surface area contributed by atoms with Crippen LogP contribution in [0, 0.1) is 5.41 Å². The predicted octanol–water partition coefficient (Wildman–Crippen LogP) is 1.03. The molecule has 2 rings (SSSR count). The quantitative estimate of drug-likeness (QED) is 0.282. The Bertz CT molecular complexity index is 925. The van der Waals surface area contributed by atoms with Crippen molar-refractivity contribution < 1.29 is 28.5 Å². The van der Waals surface area contributed by atoms with Gasteiger partial charge >= 0.3 is 19.8 Å². The fourth-order valence-corrected chi connectivity index (χ4v) is 3.84. The molecule has 1 fully saturated rings. The van der Waals surface area contributed by atoms with Gasteiger partial charge in [0.2, 0.25) is 0 Å². The Kier molecular flexibility index (Phi) is 8.18. The van der Waals surface area contributed by atoms with E-state index in [9.17, 15) is 24.1 Å². The molecule has 6 atom stereocenters. The Morgan fingerprint density at radius 2 is 2.13 bits per heavy atom. The molecule has 11 nitrogen and oxygen atoms in total. The molecule has 0 aliphatic carbocycles. The molecule has 2 heterocycles. The predicted molar refractivity (Wildman–Crippen MR) is 112 cm³/mol. The van der Waals surface area contributed by atoms with Crippen molar-refractivity contribution in [3.8, 4) is 0 Å². The number of H-pyrrole nitrogens is 1. The highest BCUT2D eigenvalue weighted by Crippen LogP contribution is 2.43. The van der Waals surface area contributed by atoms with Gasteiger partial charge in [0.15, 0.2) is 6.23 Å². The van der Waals surface area contributed by atoms with Crippen LogP contribution in [0.2, 0.25) is 0 Å². The maximum absolute atomic E-state index is 12.2. The number of rotatable bonds is 8. The van der Waals surface area contributed by atoms with E-state index in [1.165, 1.54) is 20.0 Å². The zero-order chi connectivity index (χ0) is 23.6. The molecular formula is C18H28ClN3O8P+. The molecule has 1 aliphatic rings. The zero-order valence-electron chi connectivity index (χ0n) is 18.0. The lowest BCUT2D eigenvalue weighted by atomic mass is 9.99. The third-order valence-corrected chi connectivity index (χ3v) is 5.87. The summed E-state index contributed by atoms with van der Waals surface area (Å²) >= 11 is 6.41. The van der Waals surface area contributed by atoms with Crippen LogP contribution in [-0.4, -0.2) is 57.0 Å². The number of esters is 1. The molecule has 0 aromatic carbocycles. The number of carbonyl (C=O) groups is 1. The number of aliphatic hydroxyl groups is 1. The Morgan fingerprint density at radius 3 is 2.71 bits per heavy atom. The second kappa shape index (κ2) is 9.89. The number of halogens is 1. The van der Waals surface area contributed by atoms with Gasteiger partial charge in [-0.1, -0.05) is 25.9 Å². The van der Waals surface area contributed by atoms with Crippen LogP contribution in [0.4, 0.5) is 0 Å². The molecule has 0 amide bonds. The van der Waals surface area contributed by atoms with Crippen molar-refractivity contribution in [3.05, 3.63) is 33.1 Å². The first-order chi connectivity index (χ1) is 14.2. The molecule has 1 aromatic heterocycles. The van der Waals surface area contributed by atoms with Gasteiger partial charge in [0.25, 0.3) is 5.56 Å². The molecule has 174 valence electrons. The highest BCUT2D eigenvalue weighted by Gasteiger charge is 2.54. The maximum Gasteiger partial charge on any atom is 0.613 e. The minimum absolute atomic E-state index is 0.206. The van der Waals surface area contributed by atoms with Crippen molar-refractivity contribution in [2.24, 2.45) is 5.41 Å². The first-order valence-electron chi connectivity index (χ1n) is 9.59. The third-order valence-electron chi connectivity index (χ3n) is 4.48. The van der Waals surface area contributed by atoms with Gasteiger partial charge in [-0.15, -0.1) is 16.1 Å². The number of aliphatic hydroxyl groups excluding tert-OH is 1. The highest BCUT2D eigenvalue weighted by atomic mass is 35.5. The average molecular weight is 481 g/mol. The number of nitrogens with zero attached hydrogens (tertiary/aromatic N) is 1. The van der Waals surface area contributed by atoms with Crippen LogP contribution in [0.25, 0.3) is 0 Å². The zero-order valence-corrected chi connectivity index (χ0v) is 19.6. The largest absolute Gasteiger partial charge is 0.613 e. The third kappa shape index (κ3) is 6.68. The summed E-state index contributed by atoms with van der Waals surface area (Å²) in [5.41, 5.74) is -1.55. The lowest BCUT2D eigenvalue weighted by Gasteiger charge is -2.26. The molecule has 1 saturated heterocycles. The van der Waals surface area contributed by atoms with Gasteiger partial charge in [0, 0.05) is 12.3 Å². The van der Waals surface area contributed by atoms with E-state index in [0.29, 0.717) is 0 Å². The Labute approximate surface area is 185 Å². The Balaban J connectivity index is 1.94. The van der Waals surface area contributed by atoms with E-state index in [1.807, 2.05) is 20.8 Å². The van der Waals surface area contributed by atoms with Crippen LogP contribution in [0.5, 0.6) is 0 Å². The van der Waals surface area contributed by atoms with Crippen molar-refractivity contribution in [2.75, 3.05) is 13.2 Å².